The van der Waals surface area contributed by atoms with Gasteiger partial charge in [0.1, 0.15) is 23.1 Å². The van der Waals surface area contributed by atoms with Crippen molar-refractivity contribution in [3.8, 4) is 0 Å². The number of pyridine rings is 1. The van der Waals surface area contributed by atoms with Crippen molar-refractivity contribution in [1.29, 1.82) is 0 Å². The van der Waals surface area contributed by atoms with Crippen LogP contribution in [0.4, 0.5) is 20.3 Å². The molecule has 2 aromatic carbocycles. The van der Waals surface area contributed by atoms with Gasteiger partial charge in [0.2, 0.25) is 0 Å². The highest BCUT2D eigenvalue weighted by molar-refractivity contribution is 5.94. The second-order valence-corrected chi connectivity index (χ2v) is 5.65. The normalized spacial score (nSPS) is 10.4. The molecule has 0 radical (unpaired) electrons. The van der Waals surface area contributed by atoms with Gasteiger partial charge < -0.3 is 10.6 Å². The van der Waals surface area contributed by atoms with Gasteiger partial charge in [0.15, 0.2) is 0 Å². The SMILES string of the molecule is O=C(NCCc1ccccc1)c1ccc(Nc2c(F)cccc2F)nc1. The van der Waals surface area contributed by atoms with Crippen LogP contribution in [0.1, 0.15) is 15.9 Å². The summed E-state index contributed by atoms with van der Waals surface area (Å²) in [6.07, 6.45) is 2.09. The van der Waals surface area contributed by atoms with Gasteiger partial charge in [-0.05, 0) is 36.2 Å². The molecule has 0 spiro atoms. The van der Waals surface area contributed by atoms with Gasteiger partial charge in [-0.15, -0.1) is 0 Å². The van der Waals surface area contributed by atoms with E-state index >= 15 is 0 Å². The van der Waals surface area contributed by atoms with E-state index in [0.29, 0.717) is 12.1 Å². The van der Waals surface area contributed by atoms with E-state index < -0.39 is 11.6 Å². The second kappa shape index (κ2) is 8.20. The third-order valence-electron chi connectivity index (χ3n) is 3.78. The van der Waals surface area contributed by atoms with Crippen molar-refractivity contribution in [2.75, 3.05) is 11.9 Å². The fourth-order valence-corrected chi connectivity index (χ4v) is 2.41. The van der Waals surface area contributed by atoms with Crippen LogP contribution in [0.2, 0.25) is 0 Å². The van der Waals surface area contributed by atoms with Gasteiger partial charge in [-0.25, -0.2) is 13.8 Å². The molecule has 4 nitrogen and oxygen atoms in total. The molecular formula is C20H17F2N3O. The van der Waals surface area contributed by atoms with Gasteiger partial charge in [0, 0.05) is 12.7 Å². The third kappa shape index (κ3) is 4.42. The molecule has 0 aliphatic rings. The van der Waals surface area contributed by atoms with E-state index in [0.717, 1.165) is 24.1 Å². The lowest BCUT2D eigenvalue weighted by molar-refractivity contribution is 0.0954. The molecule has 0 saturated carbocycles. The lowest BCUT2D eigenvalue weighted by atomic mass is 10.1. The lowest BCUT2D eigenvalue weighted by Crippen LogP contribution is -2.25. The summed E-state index contributed by atoms with van der Waals surface area (Å²) in [4.78, 5) is 16.2. The van der Waals surface area contributed by atoms with Crippen LogP contribution in [0, 0.1) is 11.6 Å². The number of benzene rings is 2. The maximum atomic E-state index is 13.6. The quantitative estimate of drug-likeness (QED) is 0.702. The minimum atomic E-state index is -0.713. The molecule has 3 rings (SSSR count). The van der Waals surface area contributed by atoms with Gasteiger partial charge >= 0.3 is 0 Å². The summed E-state index contributed by atoms with van der Waals surface area (Å²) in [6.45, 7) is 0.503. The molecule has 6 heteroatoms. The van der Waals surface area contributed by atoms with Crippen LogP contribution in [0.25, 0.3) is 0 Å². The van der Waals surface area contributed by atoms with E-state index in [-0.39, 0.29) is 17.4 Å². The zero-order valence-electron chi connectivity index (χ0n) is 13.9. The van der Waals surface area contributed by atoms with Crippen LogP contribution in [-0.4, -0.2) is 17.4 Å². The molecule has 0 aliphatic carbocycles. The van der Waals surface area contributed by atoms with Crippen LogP contribution < -0.4 is 10.6 Å². The molecule has 0 aliphatic heterocycles. The van der Waals surface area contributed by atoms with Gasteiger partial charge in [-0.3, -0.25) is 4.79 Å². The monoisotopic (exact) mass is 353 g/mol. The topological polar surface area (TPSA) is 54.0 Å². The number of nitrogens with one attached hydrogen (secondary N) is 2. The van der Waals surface area contributed by atoms with Crippen molar-refractivity contribution in [2.45, 2.75) is 6.42 Å². The number of hydrogen-bond acceptors (Lipinski definition) is 3. The van der Waals surface area contributed by atoms with Crippen LogP contribution in [0.5, 0.6) is 0 Å². The molecule has 1 aromatic heterocycles. The Bertz CT molecular complexity index is 863. The molecule has 26 heavy (non-hydrogen) atoms. The Balaban J connectivity index is 1.57. The minimum Gasteiger partial charge on any atom is -0.352 e. The molecule has 0 unspecified atom stereocenters. The third-order valence-corrected chi connectivity index (χ3v) is 3.78. The number of hydrogen-bond donors (Lipinski definition) is 2. The molecule has 3 aromatic rings. The molecule has 0 atom stereocenters. The standard InChI is InChI=1S/C20H17F2N3O/c21-16-7-4-8-17(22)19(16)25-18-10-9-15(13-24-18)20(26)23-12-11-14-5-2-1-3-6-14/h1-10,13H,11-12H2,(H,23,26)(H,24,25). The zero-order valence-corrected chi connectivity index (χ0v) is 13.9. The highest BCUT2D eigenvalue weighted by Gasteiger charge is 2.10. The summed E-state index contributed by atoms with van der Waals surface area (Å²) < 4.78 is 27.3. The molecule has 0 fully saturated rings. The fourth-order valence-electron chi connectivity index (χ4n) is 2.41. The Morgan fingerprint density at radius 2 is 1.65 bits per heavy atom. The van der Waals surface area contributed by atoms with E-state index in [9.17, 15) is 13.6 Å². The van der Waals surface area contributed by atoms with E-state index in [2.05, 4.69) is 15.6 Å². The number of halogens is 2. The van der Waals surface area contributed by atoms with Crippen molar-refractivity contribution in [3.05, 3.63) is 89.6 Å². The van der Waals surface area contributed by atoms with Crippen LogP contribution >= 0.6 is 0 Å². The van der Waals surface area contributed by atoms with Crippen LogP contribution in [0.3, 0.4) is 0 Å². The van der Waals surface area contributed by atoms with E-state index in [1.807, 2.05) is 30.3 Å². The smallest absolute Gasteiger partial charge is 0.252 e. The van der Waals surface area contributed by atoms with Gasteiger partial charge in [-0.1, -0.05) is 36.4 Å². The largest absolute Gasteiger partial charge is 0.352 e. The number of anilines is 2. The van der Waals surface area contributed by atoms with Crippen molar-refractivity contribution < 1.29 is 13.6 Å². The second-order valence-electron chi connectivity index (χ2n) is 5.65. The predicted octanol–water partition coefficient (Wildman–Crippen LogP) is 4.08. The summed E-state index contributed by atoms with van der Waals surface area (Å²) in [5, 5.41) is 5.39. The number of carbonyl (C=O) groups is 1. The van der Waals surface area contributed by atoms with E-state index in [1.54, 1.807) is 6.07 Å². The Morgan fingerprint density at radius 1 is 0.923 bits per heavy atom. The number of rotatable bonds is 6. The minimum absolute atomic E-state index is 0.245. The Hall–Kier alpha value is -3.28. The molecule has 132 valence electrons. The summed E-state index contributed by atoms with van der Waals surface area (Å²) in [5.41, 5.74) is 1.23. The maximum Gasteiger partial charge on any atom is 0.252 e. The number of amides is 1. The molecule has 1 heterocycles. The highest BCUT2D eigenvalue weighted by atomic mass is 19.1. The fraction of sp³-hybridized carbons (Fsp3) is 0.100. The highest BCUT2D eigenvalue weighted by Crippen LogP contribution is 2.21. The van der Waals surface area contributed by atoms with Gasteiger partial charge in [0.05, 0.1) is 5.56 Å². The van der Waals surface area contributed by atoms with Crippen molar-refractivity contribution in [3.63, 3.8) is 0 Å². The Labute approximate surface area is 149 Å². The number of carbonyl (C=O) groups excluding carboxylic acids is 1. The zero-order chi connectivity index (χ0) is 18.4. The number of aromatic nitrogens is 1. The number of para-hydroxylation sites is 1. The van der Waals surface area contributed by atoms with Crippen molar-refractivity contribution >= 4 is 17.4 Å². The van der Waals surface area contributed by atoms with E-state index in [4.69, 9.17) is 0 Å². The summed E-state index contributed by atoms with van der Waals surface area (Å²) in [7, 11) is 0. The average Bonchev–Trinajstić information content (AvgIpc) is 2.66. The maximum absolute atomic E-state index is 13.6. The first kappa shape index (κ1) is 17.5. The molecule has 0 saturated heterocycles. The summed E-state index contributed by atoms with van der Waals surface area (Å²) in [6, 6.07) is 16.5. The summed E-state index contributed by atoms with van der Waals surface area (Å²) in [5.74, 6) is -1.43. The Kier molecular flexibility index (Phi) is 5.53. The molecule has 0 bridgehead atoms. The Morgan fingerprint density at radius 3 is 2.31 bits per heavy atom. The molecule has 2 N–H and O–H groups in total. The van der Waals surface area contributed by atoms with Gasteiger partial charge in [0.25, 0.3) is 5.91 Å². The molecule has 1 amide bonds. The number of nitrogens with zero attached hydrogens (tertiary/aromatic N) is 1. The van der Waals surface area contributed by atoms with Crippen molar-refractivity contribution in [1.82, 2.24) is 10.3 Å². The first-order valence-electron chi connectivity index (χ1n) is 8.13. The summed E-state index contributed by atoms with van der Waals surface area (Å²) >= 11 is 0. The van der Waals surface area contributed by atoms with Gasteiger partial charge in [-0.2, -0.15) is 0 Å². The van der Waals surface area contributed by atoms with Crippen LogP contribution in [0.15, 0.2) is 66.9 Å². The van der Waals surface area contributed by atoms with E-state index in [1.165, 1.54) is 18.3 Å². The first-order chi connectivity index (χ1) is 12.6. The predicted molar refractivity (Wildman–Crippen MR) is 96.4 cm³/mol. The molecular weight excluding hydrogens is 336 g/mol. The first-order valence-corrected chi connectivity index (χ1v) is 8.13. The van der Waals surface area contributed by atoms with Crippen LogP contribution in [-0.2, 0) is 6.42 Å². The average molecular weight is 353 g/mol. The lowest BCUT2D eigenvalue weighted by Gasteiger charge is -2.09. The van der Waals surface area contributed by atoms with Crippen molar-refractivity contribution in [2.24, 2.45) is 0 Å².